The largest absolute Gasteiger partial charge is 0.492 e. The topological polar surface area (TPSA) is 75.6 Å². The van der Waals surface area contributed by atoms with E-state index in [-0.39, 0.29) is 5.91 Å². The number of aliphatic imine (C=N–C) groups is 1. The summed E-state index contributed by atoms with van der Waals surface area (Å²) in [5.41, 5.74) is 4.79. The smallest absolute Gasteiger partial charge is 0.251 e. The summed E-state index contributed by atoms with van der Waals surface area (Å²) in [7, 11) is 1.63. The molecule has 1 aromatic heterocycles. The number of rotatable bonds is 8. The number of carbonyl (C=O) groups is 1. The van der Waals surface area contributed by atoms with Crippen LogP contribution < -0.4 is 15.4 Å². The van der Waals surface area contributed by atoms with E-state index in [0.29, 0.717) is 18.7 Å². The molecule has 0 saturated carbocycles. The van der Waals surface area contributed by atoms with Crippen molar-refractivity contribution < 1.29 is 9.53 Å². The minimum atomic E-state index is -0.0930. The first-order valence-corrected chi connectivity index (χ1v) is 11.2. The Balaban J connectivity index is 0.00000176. The highest BCUT2D eigenvalue weighted by molar-refractivity contribution is 5.94. The van der Waals surface area contributed by atoms with E-state index in [9.17, 15) is 4.79 Å². The van der Waals surface area contributed by atoms with Gasteiger partial charge in [-0.25, -0.2) is 4.98 Å². The van der Waals surface area contributed by atoms with E-state index < -0.39 is 0 Å². The Kier molecular flexibility index (Phi) is 10.2. The lowest BCUT2D eigenvalue weighted by Gasteiger charge is -2.13. The highest BCUT2D eigenvalue weighted by Crippen LogP contribution is 2.37. The Bertz CT molecular complexity index is 993. The van der Waals surface area contributed by atoms with E-state index in [0.717, 1.165) is 46.7 Å². The number of amides is 1. The predicted octanol–water partition coefficient (Wildman–Crippen LogP) is 5.41. The van der Waals surface area contributed by atoms with Crippen molar-refractivity contribution in [3.63, 3.8) is 0 Å². The Morgan fingerprint density at radius 1 is 1.31 bits per heavy atom. The third kappa shape index (κ3) is 6.54. The summed E-state index contributed by atoms with van der Waals surface area (Å²) in [6.45, 7) is 9.34. The summed E-state index contributed by atoms with van der Waals surface area (Å²) in [4.78, 5) is 20.7. The lowest BCUT2D eigenvalue weighted by Crippen LogP contribution is -2.18. The van der Waals surface area contributed by atoms with Gasteiger partial charge in [-0.05, 0) is 42.7 Å². The van der Waals surface area contributed by atoms with Gasteiger partial charge in [-0.1, -0.05) is 39.0 Å². The van der Waals surface area contributed by atoms with Crippen LogP contribution in [-0.2, 0) is 13.0 Å². The molecule has 170 valence electrons. The molecule has 1 aromatic carbocycles. The van der Waals surface area contributed by atoms with Crippen LogP contribution in [0.3, 0.4) is 0 Å². The van der Waals surface area contributed by atoms with Gasteiger partial charge in [0.2, 0.25) is 0 Å². The maximum atomic E-state index is 11.8. The van der Waals surface area contributed by atoms with Gasteiger partial charge in [-0.2, -0.15) is 0 Å². The Morgan fingerprint density at radius 2 is 2.12 bits per heavy atom. The van der Waals surface area contributed by atoms with Crippen molar-refractivity contribution in [3.8, 4) is 5.75 Å². The van der Waals surface area contributed by atoms with E-state index in [1.165, 1.54) is 0 Å². The summed E-state index contributed by atoms with van der Waals surface area (Å²) in [5.74, 6) is 1.62. The minimum Gasteiger partial charge on any atom is -0.492 e. The standard InChI is InChI=1S/C24H28N4O2.C2H6/c1-4-5-11-26-12-9-17(2)21-16-28-23(20-10-13-30-22(20)21)27-15-18-7-6-8-19(14-18)24(29)25-3;1-2/h5-9,11-12,14,16H,4,10,13,15H2,1-3H3,(H,25,29)(H,27,28);1-2H3/b11-5+,17-9+,26-12+;. The number of allylic oxidation sites excluding steroid dienone is 3. The van der Waals surface area contributed by atoms with Crippen LogP contribution in [0.25, 0.3) is 5.57 Å². The molecular weight excluding hydrogens is 400 g/mol. The van der Waals surface area contributed by atoms with Gasteiger partial charge < -0.3 is 15.4 Å². The normalized spacial score (nSPS) is 12.8. The third-order valence-corrected chi connectivity index (χ3v) is 4.86. The van der Waals surface area contributed by atoms with Crippen molar-refractivity contribution in [3.05, 3.63) is 71.1 Å². The minimum absolute atomic E-state index is 0.0930. The first-order chi connectivity index (χ1) is 15.6. The highest BCUT2D eigenvalue weighted by atomic mass is 16.5. The number of carbonyl (C=O) groups excluding carboxylic acids is 1. The van der Waals surface area contributed by atoms with Crippen LogP contribution in [0.5, 0.6) is 5.75 Å². The molecule has 1 aliphatic rings. The van der Waals surface area contributed by atoms with Crippen LogP contribution in [0.2, 0.25) is 0 Å². The van der Waals surface area contributed by atoms with E-state index in [1.807, 2.05) is 57.3 Å². The molecule has 0 atom stereocenters. The number of nitrogens with zero attached hydrogens (tertiary/aromatic N) is 2. The van der Waals surface area contributed by atoms with E-state index in [1.54, 1.807) is 25.5 Å². The van der Waals surface area contributed by atoms with Gasteiger partial charge >= 0.3 is 0 Å². The number of benzene rings is 1. The zero-order valence-corrected chi connectivity index (χ0v) is 19.7. The van der Waals surface area contributed by atoms with Gasteiger partial charge in [0, 0.05) is 55.3 Å². The van der Waals surface area contributed by atoms with E-state index in [2.05, 4.69) is 27.5 Å². The Hall–Kier alpha value is -3.41. The molecule has 0 fully saturated rings. The molecule has 0 radical (unpaired) electrons. The quantitative estimate of drug-likeness (QED) is 0.545. The molecule has 1 amide bonds. The van der Waals surface area contributed by atoms with Crippen molar-refractivity contribution in [2.75, 3.05) is 19.0 Å². The molecule has 2 heterocycles. The van der Waals surface area contributed by atoms with Crippen molar-refractivity contribution >= 4 is 23.5 Å². The summed E-state index contributed by atoms with van der Waals surface area (Å²) >= 11 is 0. The number of hydrogen-bond acceptors (Lipinski definition) is 5. The molecule has 0 bridgehead atoms. The predicted molar refractivity (Wildman–Crippen MR) is 134 cm³/mol. The second kappa shape index (κ2) is 13.1. The first-order valence-electron chi connectivity index (χ1n) is 11.2. The zero-order valence-electron chi connectivity index (χ0n) is 19.7. The zero-order chi connectivity index (χ0) is 23.3. The number of aromatic nitrogens is 1. The van der Waals surface area contributed by atoms with Gasteiger partial charge in [0.05, 0.1) is 6.61 Å². The molecule has 6 nitrogen and oxygen atoms in total. The SMILES string of the molecule is CC.CC/C=C/N=C/C=C(\C)c1cnc(NCc2cccc(C(=O)NC)c2)c2c1OCC2. The molecule has 0 saturated heterocycles. The Morgan fingerprint density at radius 3 is 2.88 bits per heavy atom. The average molecular weight is 435 g/mol. The molecule has 2 aromatic rings. The molecule has 3 rings (SSSR count). The second-order valence-corrected chi connectivity index (χ2v) is 7.00. The summed E-state index contributed by atoms with van der Waals surface area (Å²) in [6, 6.07) is 7.56. The summed E-state index contributed by atoms with van der Waals surface area (Å²) < 4.78 is 5.92. The molecule has 1 aliphatic heterocycles. The van der Waals surface area contributed by atoms with Gasteiger partial charge in [0.25, 0.3) is 5.91 Å². The number of pyridine rings is 1. The fraction of sp³-hybridized carbons (Fsp3) is 0.346. The molecule has 0 spiro atoms. The van der Waals surface area contributed by atoms with Crippen LogP contribution in [0.4, 0.5) is 5.82 Å². The number of anilines is 1. The van der Waals surface area contributed by atoms with Gasteiger partial charge in [0.1, 0.15) is 11.6 Å². The number of fused-ring (bicyclic) bond motifs is 1. The lowest BCUT2D eigenvalue weighted by molar-refractivity contribution is 0.0963. The van der Waals surface area contributed by atoms with Gasteiger partial charge in [-0.3, -0.25) is 9.79 Å². The summed E-state index contributed by atoms with van der Waals surface area (Å²) in [6.07, 6.45) is 11.2. The van der Waals surface area contributed by atoms with Crippen LogP contribution in [0.1, 0.15) is 61.2 Å². The van der Waals surface area contributed by atoms with Crippen molar-refractivity contribution in [1.82, 2.24) is 10.3 Å². The monoisotopic (exact) mass is 434 g/mol. The van der Waals surface area contributed by atoms with E-state index >= 15 is 0 Å². The van der Waals surface area contributed by atoms with Crippen LogP contribution >= 0.6 is 0 Å². The second-order valence-electron chi connectivity index (χ2n) is 7.00. The first kappa shape index (κ1) is 24.9. The van der Waals surface area contributed by atoms with Gasteiger partial charge in [-0.15, -0.1) is 0 Å². The molecular formula is C26H34N4O2. The fourth-order valence-electron chi connectivity index (χ4n) is 3.23. The molecule has 32 heavy (non-hydrogen) atoms. The maximum absolute atomic E-state index is 11.8. The average Bonchev–Trinajstić information content (AvgIpc) is 3.33. The Labute approximate surface area is 191 Å². The lowest BCUT2D eigenvalue weighted by atomic mass is 10.0. The fourth-order valence-corrected chi connectivity index (χ4v) is 3.23. The van der Waals surface area contributed by atoms with Crippen LogP contribution in [0.15, 0.2) is 53.8 Å². The summed E-state index contributed by atoms with van der Waals surface area (Å²) in [5, 5.41) is 6.05. The molecule has 6 heteroatoms. The van der Waals surface area contributed by atoms with Crippen molar-refractivity contribution in [2.45, 2.75) is 47.1 Å². The number of hydrogen-bond donors (Lipinski definition) is 2. The van der Waals surface area contributed by atoms with Gasteiger partial charge in [0.15, 0.2) is 0 Å². The number of ether oxygens (including phenoxy) is 1. The highest BCUT2D eigenvalue weighted by Gasteiger charge is 2.22. The van der Waals surface area contributed by atoms with Crippen molar-refractivity contribution in [2.24, 2.45) is 4.99 Å². The van der Waals surface area contributed by atoms with Crippen molar-refractivity contribution in [1.29, 1.82) is 0 Å². The molecule has 0 aliphatic carbocycles. The van der Waals surface area contributed by atoms with E-state index in [4.69, 9.17) is 4.74 Å². The van der Waals surface area contributed by atoms with Crippen LogP contribution in [0, 0.1) is 0 Å². The molecule has 0 unspecified atom stereocenters. The van der Waals surface area contributed by atoms with Crippen LogP contribution in [-0.4, -0.2) is 30.8 Å². The molecule has 2 N–H and O–H groups in total. The maximum Gasteiger partial charge on any atom is 0.251 e. The number of nitrogens with one attached hydrogen (secondary N) is 2. The third-order valence-electron chi connectivity index (χ3n) is 4.86.